The van der Waals surface area contributed by atoms with Crippen molar-refractivity contribution in [2.45, 2.75) is 0 Å². The Labute approximate surface area is 837 Å². The Bertz CT molecular complexity index is 9170. The molecule has 0 saturated heterocycles. The van der Waals surface area contributed by atoms with Crippen molar-refractivity contribution in [3.63, 3.8) is 0 Å². The highest BCUT2D eigenvalue weighted by molar-refractivity contribution is 6.12. The van der Waals surface area contributed by atoms with E-state index >= 15 is 0 Å². The number of benzene rings is 24. The highest BCUT2D eigenvalue weighted by Crippen LogP contribution is 2.45. The highest BCUT2D eigenvalue weighted by atomic mass is 15.2. The number of para-hydroxylation sites is 9. The summed E-state index contributed by atoms with van der Waals surface area (Å²) < 4.78 is 7.10. The zero-order valence-electron chi connectivity index (χ0n) is 79.1. The number of fused-ring (bicyclic) bond motifs is 12. The lowest BCUT2D eigenvalue weighted by molar-refractivity contribution is 1.18. The fourth-order valence-electron chi connectivity index (χ4n) is 21.1. The van der Waals surface area contributed by atoms with Crippen LogP contribution in [0.2, 0.25) is 0 Å². The fraction of sp³-hybridized carbons (Fsp3) is 0. The molecular formula is C138H96N6. The van der Waals surface area contributed by atoms with Gasteiger partial charge in [0, 0.05) is 101 Å². The van der Waals surface area contributed by atoms with Crippen molar-refractivity contribution in [3.8, 4) is 83.8 Å². The van der Waals surface area contributed by atoms with E-state index in [9.17, 15) is 0 Å². The molecule has 0 saturated carbocycles. The number of nitrogens with zero attached hydrogens (tertiary/aromatic N) is 6. The number of hydrogen-bond donors (Lipinski definition) is 0. The van der Waals surface area contributed by atoms with Gasteiger partial charge in [-0.2, -0.15) is 0 Å². The first-order valence-electron chi connectivity index (χ1n) is 49.3. The van der Waals surface area contributed by atoms with Crippen LogP contribution in [0.4, 0.5) is 51.2 Å². The molecule has 3 aromatic heterocycles. The molecule has 27 aromatic rings. The minimum absolute atomic E-state index is 1.11. The van der Waals surface area contributed by atoms with Crippen molar-refractivity contribution in [1.29, 1.82) is 0 Å². The summed E-state index contributed by atoms with van der Waals surface area (Å²) in [7, 11) is 0. The van der Waals surface area contributed by atoms with Gasteiger partial charge in [-0.05, 0) is 293 Å². The van der Waals surface area contributed by atoms with E-state index in [2.05, 4.69) is 611 Å². The highest BCUT2D eigenvalue weighted by Gasteiger charge is 2.22. The monoisotopic (exact) mass is 1840 g/mol. The van der Waals surface area contributed by atoms with E-state index in [0.29, 0.717) is 0 Å². The topological polar surface area (TPSA) is 24.5 Å². The SMILES string of the molecule is c1ccc(N(c2ccc(-c3ccc(-n4c5ccccc5c5ccccc54)cc3)cc2)c2ccc(-c3cccc4ccccc34)cc2)cc1.c1ccc(N(c2ccc(-c3ccc(-n4c5ccccc5c5ccccc54)cc3)cc2)c2cccc(-c3ccc4ccccc4c3)c2)cc1.c1ccc(N(c2ccc(-c3cccc(-n4c5ccccc5c5ccccc54)c3)cc2)c2ccc(-c3ccc4ccccc4c3)cc2)cc1. The van der Waals surface area contributed by atoms with Gasteiger partial charge in [0.15, 0.2) is 0 Å². The number of aromatic nitrogens is 3. The molecule has 0 spiro atoms. The summed E-state index contributed by atoms with van der Waals surface area (Å²) in [5.41, 5.74) is 35.3. The van der Waals surface area contributed by atoms with Crippen LogP contribution in [0.3, 0.4) is 0 Å². The Balaban J connectivity index is 0.000000113. The Hall–Kier alpha value is -19.1. The third-order valence-electron chi connectivity index (χ3n) is 28.1. The summed E-state index contributed by atoms with van der Waals surface area (Å²) in [5.74, 6) is 0. The van der Waals surface area contributed by atoms with Gasteiger partial charge in [0.05, 0.1) is 33.1 Å². The smallest absolute Gasteiger partial charge is 0.0541 e. The predicted molar refractivity (Wildman–Crippen MR) is 612 cm³/mol. The van der Waals surface area contributed by atoms with Crippen LogP contribution in [-0.4, -0.2) is 13.7 Å². The van der Waals surface area contributed by atoms with Gasteiger partial charge < -0.3 is 28.4 Å². The van der Waals surface area contributed by atoms with Crippen LogP contribution in [0.15, 0.2) is 582 Å². The number of rotatable bonds is 18. The van der Waals surface area contributed by atoms with E-state index in [-0.39, 0.29) is 0 Å². The van der Waals surface area contributed by atoms with E-state index in [1.165, 1.54) is 164 Å². The molecule has 144 heavy (non-hydrogen) atoms. The van der Waals surface area contributed by atoms with Crippen LogP contribution in [0.5, 0.6) is 0 Å². The summed E-state index contributed by atoms with van der Waals surface area (Å²) in [4.78, 5) is 6.98. The summed E-state index contributed by atoms with van der Waals surface area (Å²) in [6, 6.07) is 209. The average molecular weight is 1840 g/mol. The van der Waals surface area contributed by atoms with Gasteiger partial charge in [-0.15, -0.1) is 0 Å². The van der Waals surface area contributed by atoms with E-state index in [0.717, 1.165) is 68.2 Å². The molecule has 0 aliphatic rings. The van der Waals surface area contributed by atoms with Gasteiger partial charge in [-0.1, -0.05) is 388 Å². The maximum absolute atomic E-state index is 2.38. The van der Waals surface area contributed by atoms with Crippen LogP contribution in [0, 0.1) is 0 Å². The van der Waals surface area contributed by atoms with Crippen molar-refractivity contribution in [2.75, 3.05) is 14.7 Å². The van der Waals surface area contributed by atoms with Crippen LogP contribution in [-0.2, 0) is 0 Å². The normalized spacial score (nSPS) is 11.3. The molecule has 0 atom stereocenters. The molecule has 0 aliphatic carbocycles. The molecule has 24 aromatic carbocycles. The number of hydrogen-bond acceptors (Lipinski definition) is 3. The first-order valence-corrected chi connectivity index (χ1v) is 49.3. The molecule has 678 valence electrons. The molecule has 0 N–H and O–H groups in total. The molecule has 6 heteroatoms. The quantitative estimate of drug-likeness (QED) is 0.0856. The molecule has 0 unspecified atom stereocenters. The van der Waals surface area contributed by atoms with E-state index < -0.39 is 0 Å². The third kappa shape index (κ3) is 16.8. The van der Waals surface area contributed by atoms with Crippen LogP contribution >= 0.6 is 0 Å². The zero-order valence-corrected chi connectivity index (χ0v) is 79.1. The van der Waals surface area contributed by atoms with Crippen molar-refractivity contribution in [3.05, 3.63) is 582 Å². The molecule has 3 heterocycles. The lowest BCUT2D eigenvalue weighted by atomic mass is 9.98. The summed E-state index contributed by atoms with van der Waals surface area (Å²) >= 11 is 0. The maximum atomic E-state index is 2.38. The van der Waals surface area contributed by atoms with E-state index in [1.807, 2.05) is 0 Å². The largest absolute Gasteiger partial charge is 0.311 e. The first kappa shape index (κ1) is 86.4. The van der Waals surface area contributed by atoms with Gasteiger partial charge >= 0.3 is 0 Å². The van der Waals surface area contributed by atoms with E-state index in [4.69, 9.17) is 0 Å². The Kier molecular flexibility index (Phi) is 23.0. The predicted octanol–water partition coefficient (Wildman–Crippen LogP) is 38.2. The second-order valence-electron chi connectivity index (χ2n) is 36.7. The minimum Gasteiger partial charge on any atom is -0.311 e. The number of anilines is 9. The van der Waals surface area contributed by atoms with Crippen molar-refractivity contribution < 1.29 is 0 Å². The van der Waals surface area contributed by atoms with Crippen molar-refractivity contribution in [1.82, 2.24) is 13.7 Å². The van der Waals surface area contributed by atoms with Gasteiger partial charge in [0.2, 0.25) is 0 Å². The fourth-order valence-corrected chi connectivity index (χ4v) is 21.1. The second kappa shape index (κ2) is 38.3. The van der Waals surface area contributed by atoms with Crippen molar-refractivity contribution in [2.24, 2.45) is 0 Å². The van der Waals surface area contributed by atoms with Gasteiger partial charge in [-0.3, -0.25) is 0 Å². The first-order chi connectivity index (χ1) is 71.4. The molecule has 0 aliphatic heterocycles. The molecular weight excluding hydrogens is 1740 g/mol. The summed E-state index contributed by atoms with van der Waals surface area (Å²) in [6.45, 7) is 0. The van der Waals surface area contributed by atoms with Gasteiger partial charge in [0.25, 0.3) is 0 Å². The van der Waals surface area contributed by atoms with Crippen LogP contribution in [0.25, 0.3) is 182 Å². The summed E-state index contributed by atoms with van der Waals surface area (Å²) in [5, 5.41) is 15.2. The van der Waals surface area contributed by atoms with Crippen LogP contribution < -0.4 is 14.7 Å². The molecule has 0 fully saturated rings. The van der Waals surface area contributed by atoms with Gasteiger partial charge in [-0.25, -0.2) is 0 Å². The minimum atomic E-state index is 1.11. The lowest BCUT2D eigenvalue weighted by Gasteiger charge is -2.26. The maximum Gasteiger partial charge on any atom is 0.0541 e. The molecule has 0 amide bonds. The Morgan fingerprint density at radius 1 is 0.111 bits per heavy atom. The van der Waals surface area contributed by atoms with E-state index in [1.54, 1.807) is 0 Å². The standard InChI is InChI=1S/3C46H32N2/c1-2-13-37(14-3-1)47(39-31-25-36(26-32-39)42-18-10-12-35-11-4-5-15-41(35)42)38-27-21-33(22-28-38)34-23-29-40(30-24-34)48-45-19-8-6-16-43(45)44-17-7-9-20-46(44)48;1-2-14-39(15-3-1)47(41-29-25-35(26-30-41)38-22-21-33-11-4-5-12-36(33)31-38)40-27-23-34(24-28-40)37-13-10-16-42(32-37)48-45-19-8-6-17-43(45)44-18-7-9-20-46(44)48;1-2-14-39(15-3-1)47(42-16-10-13-37(32-42)38-22-21-33-11-4-5-12-36(33)31-38)40-27-23-34(24-28-40)35-25-29-41(30-26-35)48-45-19-8-6-17-43(45)44-18-7-9-20-46(44)48/h3*1-32H. The Morgan fingerprint density at radius 3 is 0.708 bits per heavy atom. The molecule has 0 bridgehead atoms. The molecule has 27 rings (SSSR count). The zero-order chi connectivity index (χ0) is 95.6. The Morgan fingerprint density at radius 2 is 0.340 bits per heavy atom. The second-order valence-corrected chi connectivity index (χ2v) is 36.7. The van der Waals surface area contributed by atoms with Gasteiger partial charge in [0.1, 0.15) is 0 Å². The molecule has 0 radical (unpaired) electrons. The third-order valence-corrected chi connectivity index (χ3v) is 28.1. The lowest BCUT2D eigenvalue weighted by Crippen LogP contribution is -2.09. The van der Waals surface area contributed by atoms with Crippen LogP contribution in [0.1, 0.15) is 0 Å². The molecule has 6 nitrogen and oxygen atoms in total. The average Bonchev–Trinajstić information content (AvgIpc) is 1.61. The van der Waals surface area contributed by atoms with Crippen molar-refractivity contribution >= 4 is 149 Å². The summed E-state index contributed by atoms with van der Waals surface area (Å²) in [6.07, 6.45) is 0.